The van der Waals surface area contributed by atoms with E-state index < -0.39 is 0 Å². The summed E-state index contributed by atoms with van der Waals surface area (Å²) in [6.45, 7) is 3.68. The summed E-state index contributed by atoms with van der Waals surface area (Å²) >= 11 is 6.73. The molecule has 1 fully saturated rings. The Kier molecular flexibility index (Phi) is 3.18. The van der Waals surface area contributed by atoms with Crippen LogP contribution in [0.3, 0.4) is 0 Å². The molecule has 1 amide bonds. The number of nitrogens with zero attached hydrogens (tertiary/aromatic N) is 3. The van der Waals surface area contributed by atoms with Gasteiger partial charge in [-0.2, -0.15) is 0 Å². The minimum atomic E-state index is -0.116. The van der Waals surface area contributed by atoms with E-state index in [1.807, 2.05) is 6.92 Å². The highest BCUT2D eigenvalue weighted by atomic mass is 35.5. The molecule has 2 heterocycles. The third kappa shape index (κ3) is 2.27. The summed E-state index contributed by atoms with van der Waals surface area (Å²) in [6.07, 6.45) is 0. The Morgan fingerprint density at radius 1 is 1.67 bits per heavy atom. The minimum Gasteiger partial charge on any atom is -0.377 e. The van der Waals surface area contributed by atoms with E-state index in [4.69, 9.17) is 16.3 Å². The maximum Gasteiger partial charge on any atom is 0.285 e. The van der Waals surface area contributed by atoms with Gasteiger partial charge in [-0.05, 0) is 18.5 Å². The molecule has 1 unspecified atom stereocenters. The van der Waals surface area contributed by atoms with Crippen molar-refractivity contribution in [2.24, 2.45) is 0 Å². The highest BCUT2D eigenvalue weighted by molar-refractivity contribution is 7.17. The van der Waals surface area contributed by atoms with Gasteiger partial charge in [0.05, 0.1) is 19.3 Å². The number of morpholine rings is 1. The van der Waals surface area contributed by atoms with Gasteiger partial charge in [0.15, 0.2) is 0 Å². The Morgan fingerprint density at radius 2 is 2.47 bits per heavy atom. The molecule has 1 aliphatic rings. The molecule has 82 valence electrons. The third-order valence-corrected chi connectivity index (χ3v) is 3.22. The first-order chi connectivity index (χ1) is 7.18. The molecule has 1 aromatic rings. The van der Waals surface area contributed by atoms with Crippen molar-refractivity contribution in [3.63, 3.8) is 0 Å². The lowest BCUT2D eigenvalue weighted by Crippen LogP contribution is -2.47. The van der Waals surface area contributed by atoms with Gasteiger partial charge in [-0.15, -0.1) is 10.2 Å². The predicted octanol–water partition coefficient (Wildman–Crippen LogP) is 1.05. The molecule has 1 atom stereocenters. The van der Waals surface area contributed by atoms with Gasteiger partial charge in [0, 0.05) is 6.54 Å². The number of hydrogen-bond acceptors (Lipinski definition) is 5. The van der Waals surface area contributed by atoms with Crippen molar-refractivity contribution in [2.75, 3.05) is 19.8 Å². The number of amides is 1. The van der Waals surface area contributed by atoms with Gasteiger partial charge in [0.25, 0.3) is 5.91 Å². The van der Waals surface area contributed by atoms with Crippen LogP contribution in [0.1, 0.15) is 16.7 Å². The molecule has 15 heavy (non-hydrogen) atoms. The van der Waals surface area contributed by atoms with Gasteiger partial charge < -0.3 is 9.64 Å². The van der Waals surface area contributed by atoms with Crippen LogP contribution in [-0.4, -0.2) is 46.8 Å². The smallest absolute Gasteiger partial charge is 0.285 e. The Morgan fingerprint density at radius 3 is 3.07 bits per heavy atom. The van der Waals surface area contributed by atoms with Crippen LogP contribution >= 0.6 is 22.9 Å². The van der Waals surface area contributed by atoms with Crippen LogP contribution in [0.5, 0.6) is 0 Å². The molecule has 0 N–H and O–H groups in total. The number of ether oxygens (including phenoxy) is 1. The lowest BCUT2D eigenvalue weighted by Gasteiger charge is -2.32. The van der Waals surface area contributed by atoms with Crippen LogP contribution in [-0.2, 0) is 4.74 Å². The lowest BCUT2D eigenvalue weighted by atomic mass is 10.2. The molecule has 0 saturated carbocycles. The first-order valence-electron chi connectivity index (χ1n) is 4.56. The average molecular weight is 248 g/mol. The Balaban J connectivity index is 2.13. The first-order valence-corrected chi connectivity index (χ1v) is 5.75. The van der Waals surface area contributed by atoms with Crippen LogP contribution in [0.15, 0.2) is 0 Å². The number of carbonyl (C=O) groups is 1. The van der Waals surface area contributed by atoms with Crippen molar-refractivity contribution in [3.8, 4) is 0 Å². The molecule has 5 nitrogen and oxygen atoms in total. The summed E-state index contributed by atoms with van der Waals surface area (Å²) in [5, 5.41) is 7.68. The maximum atomic E-state index is 11.9. The quantitative estimate of drug-likeness (QED) is 0.745. The van der Waals surface area contributed by atoms with E-state index >= 15 is 0 Å². The molecule has 0 bridgehead atoms. The minimum absolute atomic E-state index is 0.0777. The largest absolute Gasteiger partial charge is 0.377 e. The summed E-state index contributed by atoms with van der Waals surface area (Å²) < 4.78 is 5.54. The average Bonchev–Trinajstić information content (AvgIpc) is 2.65. The van der Waals surface area contributed by atoms with Crippen LogP contribution in [0, 0.1) is 0 Å². The second-order valence-electron chi connectivity index (χ2n) is 3.28. The van der Waals surface area contributed by atoms with Crippen molar-refractivity contribution >= 4 is 28.8 Å². The third-order valence-electron chi connectivity index (χ3n) is 2.21. The van der Waals surface area contributed by atoms with Crippen molar-refractivity contribution in [1.29, 1.82) is 0 Å². The van der Waals surface area contributed by atoms with Crippen LogP contribution < -0.4 is 0 Å². The molecular weight excluding hydrogens is 238 g/mol. The Bertz CT molecular complexity index is 371. The molecule has 1 aromatic heterocycles. The van der Waals surface area contributed by atoms with Crippen LogP contribution in [0.25, 0.3) is 0 Å². The van der Waals surface area contributed by atoms with E-state index in [-0.39, 0.29) is 11.9 Å². The second-order valence-corrected chi connectivity index (χ2v) is 4.84. The van der Waals surface area contributed by atoms with Crippen LogP contribution in [0.4, 0.5) is 0 Å². The maximum absolute atomic E-state index is 11.9. The van der Waals surface area contributed by atoms with E-state index in [9.17, 15) is 4.79 Å². The molecule has 1 saturated heterocycles. The van der Waals surface area contributed by atoms with E-state index in [0.29, 0.717) is 29.2 Å². The van der Waals surface area contributed by atoms with Crippen LogP contribution in [0.2, 0.25) is 4.47 Å². The highest BCUT2D eigenvalue weighted by Gasteiger charge is 2.27. The van der Waals surface area contributed by atoms with Crippen molar-refractivity contribution < 1.29 is 9.53 Å². The molecule has 0 spiro atoms. The van der Waals surface area contributed by atoms with Gasteiger partial charge in [0.2, 0.25) is 9.47 Å². The fraction of sp³-hybridized carbons (Fsp3) is 0.625. The number of rotatable bonds is 1. The second kappa shape index (κ2) is 4.42. The summed E-state index contributed by atoms with van der Waals surface area (Å²) in [5.74, 6) is -0.116. The summed E-state index contributed by atoms with van der Waals surface area (Å²) in [5.41, 5.74) is 0. The normalized spacial score (nSPS) is 21.7. The van der Waals surface area contributed by atoms with Gasteiger partial charge in [-0.1, -0.05) is 11.3 Å². The van der Waals surface area contributed by atoms with E-state index in [1.165, 1.54) is 0 Å². The number of hydrogen-bond donors (Lipinski definition) is 0. The molecular formula is C8H10ClN3O2S. The summed E-state index contributed by atoms with van der Waals surface area (Å²) in [6, 6.07) is 0.0777. The van der Waals surface area contributed by atoms with E-state index in [0.717, 1.165) is 11.3 Å². The fourth-order valence-electron chi connectivity index (χ4n) is 1.44. The van der Waals surface area contributed by atoms with E-state index in [1.54, 1.807) is 4.90 Å². The van der Waals surface area contributed by atoms with Crippen molar-refractivity contribution in [1.82, 2.24) is 15.1 Å². The van der Waals surface area contributed by atoms with E-state index in [2.05, 4.69) is 10.2 Å². The zero-order valence-corrected chi connectivity index (χ0v) is 9.72. The number of carbonyl (C=O) groups excluding carboxylic acids is 1. The Hall–Kier alpha value is -0.720. The highest BCUT2D eigenvalue weighted by Crippen LogP contribution is 2.18. The van der Waals surface area contributed by atoms with Gasteiger partial charge in [-0.25, -0.2) is 0 Å². The lowest BCUT2D eigenvalue weighted by molar-refractivity contribution is 0.00353. The van der Waals surface area contributed by atoms with Crippen molar-refractivity contribution in [2.45, 2.75) is 13.0 Å². The number of halogens is 1. The zero-order valence-electron chi connectivity index (χ0n) is 8.14. The topological polar surface area (TPSA) is 55.3 Å². The van der Waals surface area contributed by atoms with Gasteiger partial charge in [0.1, 0.15) is 0 Å². The molecule has 0 radical (unpaired) electrons. The Labute approximate surface area is 96.0 Å². The zero-order chi connectivity index (χ0) is 10.8. The molecule has 7 heteroatoms. The monoisotopic (exact) mass is 247 g/mol. The predicted molar refractivity (Wildman–Crippen MR) is 56.2 cm³/mol. The first kappa shape index (κ1) is 10.8. The van der Waals surface area contributed by atoms with Gasteiger partial charge in [-0.3, -0.25) is 4.79 Å². The number of aromatic nitrogens is 2. The summed E-state index contributed by atoms with van der Waals surface area (Å²) in [4.78, 5) is 13.7. The fourth-order valence-corrected chi connectivity index (χ4v) is 2.23. The molecule has 0 aromatic carbocycles. The van der Waals surface area contributed by atoms with Gasteiger partial charge >= 0.3 is 0 Å². The SMILES string of the molecule is CC1COCCN1C(=O)c1nnc(Cl)s1. The molecule has 1 aliphatic heterocycles. The standard InChI is InChI=1S/C8H10ClN3O2S/c1-5-4-14-3-2-12(5)7(13)6-10-11-8(9)15-6/h5H,2-4H2,1H3. The molecule has 0 aliphatic carbocycles. The van der Waals surface area contributed by atoms with Crippen molar-refractivity contribution in [3.05, 3.63) is 9.47 Å². The molecule has 2 rings (SSSR count). The summed E-state index contributed by atoms with van der Waals surface area (Å²) in [7, 11) is 0.